The van der Waals surface area contributed by atoms with Crippen LogP contribution in [-0.4, -0.2) is 17.1 Å². The zero-order chi connectivity index (χ0) is 0. The summed E-state index contributed by atoms with van der Waals surface area (Å²) in [5.41, 5.74) is 0. The van der Waals surface area contributed by atoms with E-state index in [1.165, 1.54) is 0 Å². The first kappa shape index (κ1) is 27.1. The average Bonchev–Trinajstić information content (AvgIpc) is 0. The molecule has 0 spiro atoms. The average molecular weight is 372 g/mol. The van der Waals surface area contributed by atoms with Crippen LogP contribution in [0.25, 0.3) is 0 Å². The second kappa shape index (κ2) is 16.4. The molecule has 29 valence electrons. The van der Waals surface area contributed by atoms with E-state index in [1.54, 1.807) is 0 Å². The monoisotopic (exact) mass is 373 g/mol. The Morgan fingerprint density at radius 3 is 1.00 bits per heavy atom. The van der Waals surface area contributed by atoms with Crippen molar-refractivity contribution in [1.29, 1.82) is 0 Å². The van der Waals surface area contributed by atoms with Gasteiger partial charge in [0, 0.05) is 101 Å². The summed E-state index contributed by atoms with van der Waals surface area (Å²) in [6.07, 6.45) is 0. The van der Waals surface area contributed by atoms with Crippen LogP contribution < -0.4 is 0 Å². The molecule has 0 amide bonds. The van der Waals surface area contributed by atoms with Gasteiger partial charge in [0.05, 0.1) is 0 Å². The first-order valence-corrected chi connectivity index (χ1v) is 0. The normalized spacial score (nSPS) is 0. The standard InChI is InChI=1S/Mn.Se.Yb.Zn. The van der Waals surface area contributed by atoms with Crippen LogP contribution in [0, 0.1) is 46.9 Å². The van der Waals surface area contributed by atoms with Crippen LogP contribution in [0.15, 0.2) is 0 Å². The van der Waals surface area contributed by atoms with Gasteiger partial charge in [0.15, 0.2) is 0 Å². The Kier molecular flexibility index (Phi) is 111. The van der Waals surface area contributed by atoms with Crippen molar-refractivity contribution in [3.05, 3.63) is 0 Å². The third-order valence-electron chi connectivity index (χ3n) is 0. The van der Waals surface area contributed by atoms with Crippen molar-refractivity contribution in [2.75, 3.05) is 0 Å². The summed E-state index contributed by atoms with van der Waals surface area (Å²) in [7, 11) is 0. The molecule has 0 aromatic carbocycles. The van der Waals surface area contributed by atoms with Gasteiger partial charge in [-0.25, -0.2) is 0 Å². The number of hydrogen-bond acceptors (Lipinski definition) is 0. The van der Waals surface area contributed by atoms with Gasteiger partial charge < -0.3 is 0 Å². The summed E-state index contributed by atoms with van der Waals surface area (Å²) < 4.78 is 0. The predicted molar refractivity (Wildman–Crippen MR) is 5.75 cm³/mol. The molecular weight excluding hydrogens is 372 g/mol. The Hall–Kier alpha value is 3.18. The van der Waals surface area contributed by atoms with Crippen molar-refractivity contribution in [2.24, 2.45) is 0 Å². The number of rotatable bonds is 0. The van der Waals surface area contributed by atoms with Crippen molar-refractivity contribution in [2.45, 2.75) is 0 Å². The molecule has 0 fully saturated rings. The van der Waals surface area contributed by atoms with Crippen molar-refractivity contribution >= 4 is 17.1 Å². The molecular formula is MnSeYbZn. The minimum atomic E-state index is 0. The summed E-state index contributed by atoms with van der Waals surface area (Å²) >= 11 is 0. The Morgan fingerprint density at radius 1 is 1.00 bits per heavy atom. The van der Waals surface area contributed by atoms with Gasteiger partial charge in [0.2, 0.25) is 0 Å². The van der Waals surface area contributed by atoms with E-state index in [1.807, 2.05) is 0 Å². The zero-order valence-corrected chi connectivity index (χ0v) is 9.34. The molecule has 0 bridgehead atoms. The van der Waals surface area contributed by atoms with Crippen LogP contribution in [0.1, 0.15) is 0 Å². The fourth-order valence-electron chi connectivity index (χ4n) is 0. The first-order valence-electron chi connectivity index (χ1n) is 0. The maximum Gasteiger partial charge on any atom is 0 e. The molecule has 0 nitrogen and oxygen atoms in total. The van der Waals surface area contributed by atoms with Gasteiger partial charge in [-0.3, -0.25) is 0 Å². The van der Waals surface area contributed by atoms with Crippen molar-refractivity contribution in [1.82, 2.24) is 0 Å². The van der Waals surface area contributed by atoms with Crippen LogP contribution in [0.3, 0.4) is 0 Å². The number of hydrogen-bond donors (Lipinski definition) is 0. The van der Waals surface area contributed by atoms with Gasteiger partial charge in [-0.15, -0.1) is 0 Å². The van der Waals surface area contributed by atoms with Crippen molar-refractivity contribution in [3.63, 3.8) is 0 Å². The molecule has 0 saturated heterocycles. The molecule has 0 aromatic rings. The fraction of sp³-hybridized carbons (Fsp3) is 0. The molecule has 0 aliphatic heterocycles. The van der Waals surface area contributed by atoms with Gasteiger partial charge in [0.1, 0.15) is 0 Å². The summed E-state index contributed by atoms with van der Waals surface area (Å²) in [4.78, 5) is 0. The maximum absolute atomic E-state index is 0. The molecule has 0 heterocycles. The Balaban J connectivity index is 0. The van der Waals surface area contributed by atoms with E-state index in [0.29, 0.717) is 0 Å². The minimum Gasteiger partial charge on any atom is 0 e. The SMILES string of the molecule is [Mn].[Se].[Yb].[Zn]. The largest absolute Gasteiger partial charge is 0 e. The van der Waals surface area contributed by atoms with Crippen LogP contribution in [-0.2, 0) is 36.5 Å². The minimum absolute atomic E-state index is 0. The predicted octanol–water partition coefficient (Wildman–Crippen LogP) is -0.386. The molecule has 4 heteroatoms. The van der Waals surface area contributed by atoms with Crippen LogP contribution >= 0.6 is 0 Å². The van der Waals surface area contributed by atoms with E-state index in [0.717, 1.165) is 0 Å². The third-order valence-corrected chi connectivity index (χ3v) is 0. The van der Waals surface area contributed by atoms with Gasteiger partial charge in [-0.1, -0.05) is 0 Å². The first-order chi connectivity index (χ1) is 0. The van der Waals surface area contributed by atoms with E-state index in [4.69, 9.17) is 0 Å². The van der Waals surface area contributed by atoms with E-state index in [-0.39, 0.29) is 101 Å². The smallest absolute Gasteiger partial charge is 0 e. The van der Waals surface area contributed by atoms with Gasteiger partial charge in [-0.05, 0) is 0 Å². The van der Waals surface area contributed by atoms with E-state index in [9.17, 15) is 0 Å². The third kappa shape index (κ3) is 8.95. The molecule has 0 N–H and O–H groups in total. The van der Waals surface area contributed by atoms with E-state index >= 15 is 0 Å². The fourth-order valence-corrected chi connectivity index (χ4v) is 0. The molecule has 0 unspecified atom stereocenters. The zero-order valence-electron chi connectivity index (χ0n) is 1.76. The Bertz CT molecular complexity index is 8.00. The van der Waals surface area contributed by atoms with E-state index < -0.39 is 0 Å². The molecule has 0 rings (SSSR count). The van der Waals surface area contributed by atoms with Gasteiger partial charge in [-0.2, -0.15) is 0 Å². The van der Waals surface area contributed by atoms with Crippen molar-refractivity contribution in [3.8, 4) is 0 Å². The molecule has 0 saturated carbocycles. The Morgan fingerprint density at radius 2 is 1.00 bits per heavy atom. The molecule has 0 aliphatic rings. The molecule has 4 heavy (non-hydrogen) atoms. The second-order valence-corrected chi connectivity index (χ2v) is 0. The maximum atomic E-state index is 0. The summed E-state index contributed by atoms with van der Waals surface area (Å²) in [6, 6.07) is 0. The summed E-state index contributed by atoms with van der Waals surface area (Å²) in [6.45, 7) is 0. The van der Waals surface area contributed by atoms with Crippen LogP contribution in [0.2, 0.25) is 0 Å². The molecule has 3 radical (unpaired) electrons. The van der Waals surface area contributed by atoms with Gasteiger partial charge >= 0.3 is 0 Å². The molecule has 0 aliphatic carbocycles. The molecule has 0 aromatic heterocycles. The second-order valence-electron chi connectivity index (χ2n) is 0. The summed E-state index contributed by atoms with van der Waals surface area (Å²) in [5, 5.41) is 0. The van der Waals surface area contributed by atoms with Gasteiger partial charge in [0.25, 0.3) is 0 Å². The van der Waals surface area contributed by atoms with Crippen LogP contribution in [0.5, 0.6) is 0 Å². The molecule has 0 atom stereocenters. The van der Waals surface area contributed by atoms with E-state index in [2.05, 4.69) is 0 Å². The Labute approximate surface area is 98.2 Å². The van der Waals surface area contributed by atoms with Crippen molar-refractivity contribution < 1.29 is 83.5 Å². The topological polar surface area (TPSA) is 0 Å². The summed E-state index contributed by atoms with van der Waals surface area (Å²) in [5.74, 6) is 0. The quantitative estimate of drug-likeness (QED) is 0.509. The van der Waals surface area contributed by atoms with Crippen LogP contribution in [0.4, 0.5) is 0 Å².